The Morgan fingerprint density at radius 3 is 2.52 bits per heavy atom. The van der Waals surface area contributed by atoms with Gasteiger partial charge in [-0.15, -0.1) is 0 Å². The highest BCUT2D eigenvalue weighted by atomic mass is 79.9. The van der Waals surface area contributed by atoms with Gasteiger partial charge in [0.25, 0.3) is 0 Å². The molecule has 2 aromatic carbocycles. The highest BCUT2D eigenvalue weighted by molar-refractivity contribution is 9.10. The van der Waals surface area contributed by atoms with Crippen molar-refractivity contribution < 1.29 is 4.74 Å². The summed E-state index contributed by atoms with van der Waals surface area (Å²) in [6, 6.07) is 9.61. The highest BCUT2D eigenvalue weighted by Crippen LogP contribution is 2.36. The van der Waals surface area contributed by atoms with E-state index >= 15 is 0 Å². The first kappa shape index (κ1) is 15.8. The van der Waals surface area contributed by atoms with Crippen LogP contribution in [-0.2, 0) is 0 Å². The van der Waals surface area contributed by atoms with Crippen molar-refractivity contribution in [2.45, 2.75) is 19.9 Å². The summed E-state index contributed by atoms with van der Waals surface area (Å²) in [4.78, 5) is 0. The molecule has 2 rings (SSSR count). The van der Waals surface area contributed by atoms with Gasteiger partial charge in [0.05, 0.1) is 13.2 Å². The van der Waals surface area contributed by atoms with Crippen LogP contribution in [0.15, 0.2) is 34.8 Å². The number of nitrogen functional groups attached to an aromatic ring is 1. The molecule has 112 valence electrons. The molecule has 0 spiro atoms. The molecule has 0 saturated heterocycles. The number of hydrazine groups is 1. The molecule has 0 aliphatic rings. The van der Waals surface area contributed by atoms with Crippen molar-refractivity contribution in [3.05, 3.63) is 57.1 Å². The molecule has 1 atom stereocenters. The van der Waals surface area contributed by atoms with Crippen LogP contribution in [0.4, 0.5) is 5.69 Å². The van der Waals surface area contributed by atoms with Gasteiger partial charge in [-0.2, -0.15) is 0 Å². The molecule has 0 fully saturated rings. The average molecular weight is 350 g/mol. The Balaban J connectivity index is 2.64. The molecule has 0 aliphatic carbocycles. The topological polar surface area (TPSA) is 73.3 Å². The minimum atomic E-state index is -0.238. The normalized spacial score (nSPS) is 12.2. The summed E-state index contributed by atoms with van der Waals surface area (Å²) in [6.07, 6.45) is 0. The van der Waals surface area contributed by atoms with E-state index in [0.717, 1.165) is 32.5 Å². The van der Waals surface area contributed by atoms with E-state index in [0.29, 0.717) is 5.69 Å². The fourth-order valence-electron chi connectivity index (χ4n) is 2.60. The number of benzene rings is 2. The number of methoxy groups -OCH3 is 1. The number of nitrogens with two attached hydrogens (primary N) is 2. The standard InChI is InChI=1S/C16H20BrN3O/c1-9-6-10(2)15(14(7-9)21-3)16(20-19)12-8-11(17)4-5-13(12)18/h4-8,16,20H,18-19H2,1-3H3. The second kappa shape index (κ2) is 6.47. The maximum atomic E-state index is 6.12. The van der Waals surface area contributed by atoms with Gasteiger partial charge in [0.15, 0.2) is 0 Å². The zero-order chi connectivity index (χ0) is 15.6. The van der Waals surface area contributed by atoms with E-state index in [2.05, 4.69) is 27.4 Å². The van der Waals surface area contributed by atoms with Crippen molar-refractivity contribution in [1.82, 2.24) is 5.43 Å². The molecule has 21 heavy (non-hydrogen) atoms. The number of halogens is 1. The van der Waals surface area contributed by atoms with Crippen LogP contribution in [0.25, 0.3) is 0 Å². The molecular weight excluding hydrogens is 330 g/mol. The molecular formula is C16H20BrN3O. The molecule has 1 unspecified atom stereocenters. The lowest BCUT2D eigenvalue weighted by Gasteiger charge is -2.23. The maximum absolute atomic E-state index is 6.12. The number of rotatable bonds is 4. The van der Waals surface area contributed by atoms with E-state index in [1.165, 1.54) is 0 Å². The van der Waals surface area contributed by atoms with Crippen LogP contribution in [-0.4, -0.2) is 7.11 Å². The Kier molecular flexibility index (Phi) is 4.88. The summed E-state index contributed by atoms with van der Waals surface area (Å²) < 4.78 is 6.49. The summed E-state index contributed by atoms with van der Waals surface area (Å²) in [5, 5.41) is 0. The first-order chi connectivity index (χ1) is 9.97. The van der Waals surface area contributed by atoms with E-state index < -0.39 is 0 Å². The third-order valence-electron chi connectivity index (χ3n) is 3.53. The van der Waals surface area contributed by atoms with Crippen LogP contribution in [0, 0.1) is 13.8 Å². The van der Waals surface area contributed by atoms with Gasteiger partial charge in [-0.25, -0.2) is 5.43 Å². The van der Waals surface area contributed by atoms with Gasteiger partial charge in [0.1, 0.15) is 5.75 Å². The number of anilines is 1. The lowest BCUT2D eigenvalue weighted by atomic mass is 9.92. The number of hydrogen-bond acceptors (Lipinski definition) is 4. The minimum absolute atomic E-state index is 0.238. The molecule has 0 amide bonds. The van der Waals surface area contributed by atoms with Crippen molar-refractivity contribution in [2.75, 3.05) is 12.8 Å². The average Bonchev–Trinajstić information content (AvgIpc) is 2.44. The van der Waals surface area contributed by atoms with Crippen molar-refractivity contribution in [1.29, 1.82) is 0 Å². The third kappa shape index (κ3) is 3.20. The van der Waals surface area contributed by atoms with Gasteiger partial charge in [0, 0.05) is 15.7 Å². The molecule has 4 nitrogen and oxygen atoms in total. The van der Waals surface area contributed by atoms with Crippen molar-refractivity contribution in [2.24, 2.45) is 5.84 Å². The summed E-state index contributed by atoms with van der Waals surface area (Å²) in [5.41, 5.74) is 13.8. The van der Waals surface area contributed by atoms with Gasteiger partial charge in [0.2, 0.25) is 0 Å². The van der Waals surface area contributed by atoms with Gasteiger partial charge in [-0.3, -0.25) is 5.84 Å². The lowest BCUT2D eigenvalue weighted by Crippen LogP contribution is -2.30. The molecule has 0 aromatic heterocycles. The van der Waals surface area contributed by atoms with Crippen LogP contribution in [0.1, 0.15) is 28.3 Å². The zero-order valence-corrected chi connectivity index (χ0v) is 14.0. The van der Waals surface area contributed by atoms with Crippen molar-refractivity contribution in [3.63, 3.8) is 0 Å². The fourth-order valence-corrected chi connectivity index (χ4v) is 2.98. The molecule has 5 N–H and O–H groups in total. The molecule has 0 radical (unpaired) electrons. The Labute approximate surface area is 133 Å². The smallest absolute Gasteiger partial charge is 0.124 e. The van der Waals surface area contributed by atoms with Crippen LogP contribution in [0.5, 0.6) is 5.75 Å². The Morgan fingerprint density at radius 1 is 1.19 bits per heavy atom. The van der Waals surface area contributed by atoms with Gasteiger partial charge >= 0.3 is 0 Å². The van der Waals surface area contributed by atoms with E-state index in [1.54, 1.807) is 7.11 Å². The van der Waals surface area contributed by atoms with E-state index in [-0.39, 0.29) is 6.04 Å². The van der Waals surface area contributed by atoms with Crippen LogP contribution < -0.4 is 21.7 Å². The predicted octanol–water partition coefficient (Wildman–Crippen LogP) is 3.21. The van der Waals surface area contributed by atoms with Crippen LogP contribution in [0.3, 0.4) is 0 Å². The summed E-state index contributed by atoms with van der Waals surface area (Å²) in [7, 11) is 1.66. The van der Waals surface area contributed by atoms with Gasteiger partial charge < -0.3 is 10.5 Å². The number of hydrogen-bond donors (Lipinski definition) is 3. The van der Waals surface area contributed by atoms with Crippen molar-refractivity contribution in [3.8, 4) is 5.75 Å². The fraction of sp³-hybridized carbons (Fsp3) is 0.250. The predicted molar refractivity (Wildman–Crippen MR) is 90.2 cm³/mol. The molecule has 0 heterocycles. The van der Waals surface area contributed by atoms with Crippen LogP contribution >= 0.6 is 15.9 Å². The first-order valence-corrected chi connectivity index (χ1v) is 7.43. The number of nitrogens with one attached hydrogen (secondary N) is 1. The van der Waals surface area contributed by atoms with E-state index in [1.807, 2.05) is 38.1 Å². The number of aryl methyl sites for hydroxylation is 2. The summed E-state index contributed by atoms with van der Waals surface area (Å²) in [5.74, 6) is 6.61. The quantitative estimate of drug-likeness (QED) is 0.450. The number of ether oxygens (including phenoxy) is 1. The van der Waals surface area contributed by atoms with E-state index in [9.17, 15) is 0 Å². The first-order valence-electron chi connectivity index (χ1n) is 6.64. The minimum Gasteiger partial charge on any atom is -0.496 e. The zero-order valence-electron chi connectivity index (χ0n) is 12.4. The molecule has 5 heteroatoms. The Bertz CT molecular complexity index is 658. The van der Waals surface area contributed by atoms with Gasteiger partial charge in [-0.1, -0.05) is 22.0 Å². The second-order valence-corrected chi connectivity index (χ2v) is 5.99. The lowest BCUT2D eigenvalue weighted by molar-refractivity contribution is 0.403. The second-order valence-electron chi connectivity index (χ2n) is 5.07. The molecule has 0 saturated carbocycles. The molecule has 0 aliphatic heterocycles. The van der Waals surface area contributed by atoms with Crippen LogP contribution in [0.2, 0.25) is 0 Å². The van der Waals surface area contributed by atoms with Crippen molar-refractivity contribution >= 4 is 21.6 Å². The van der Waals surface area contributed by atoms with Gasteiger partial charge in [-0.05, 0) is 54.8 Å². The Hall–Kier alpha value is -1.56. The van der Waals surface area contributed by atoms with E-state index in [4.69, 9.17) is 16.3 Å². The molecule has 0 bridgehead atoms. The summed E-state index contributed by atoms with van der Waals surface area (Å²) >= 11 is 3.48. The third-order valence-corrected chi connectivity index (χ3v) is 4.02. The largest absolute Gasteiger partial charge is 0.496 e. The maximum Gasteiger partial charge on any atom is 0.124 e. The summed E-state index contributed by atoms with van der Waals surface area (Å²) in [6.45, 7) is 4.08. The monoisotopic (exact) mass is 349 g/mol. The SMILES string of the molecule is COc1cc(C)cc(C)c1C(NN)c1cc(Br)ccc1N. The Morgan fingerprint density at radius 2 is 1.90 bits per heavy atom. The highest BCUT2D eigenvalue weighted by Gasteiger charge is 2.22. The molecule has 2 aromatic rings.